The monoisotopic (exact) mass is 628 g/mol. The number of carbonyl (C=O) groups is 3. The van der Waals surface area contributed by atoms with Crippen LogP contribution in [0.5, 0.6) is 0 Å². The molecule has 0 radical (unpaired) electrons. The van der Waals surface area contributed by atoms with Crippen LogP contribution in [0.25, 0.3) is 11.2 Å². The molecule has 1 aliphatic heterocycles. The summed E-state index contributed by atoms with van der Waals surface area (Å²) in [6.07, 6.45) is 4.31. The van der Waals surface area contributed by atoms with E-state index in [0.29, 0.717) is 36.4 Å². The molecule has 0 bridgehead atoms. The van der Waals surface area contributed by atoms with Gasteiger partial charge in [-0.3, -0.25) is 19.1 Å². The largest absolute Gasteiger partial charge is 0.469 e. The van der Waals surface area contributed by atoms with Gasteiger partial charge in [-0.05, 0) is 59.4 Å². The molecule has 1 fully saturated rings. The molecule has 3 aromatic rings. The van der Waals surface area contributed by atoms with E-state index < -0.39 is 17.5 Å². The van der Waals surface area contributed by atoms with Gasteiger partial charge in [-0.15, -0.1) is 0 Å². The summed E-state index contributed by atoms with van der Waals surface area (Å²) in [5.41, 5.74) is 1.20. The second-order valence-electron chi connectivity index (χ2n) is 12.1. The van der Waals surface area contributed by atoms with Crippen LogP contribution in [0, 0.1) is 0 Å². The van der Waals surface area contributed by atoms with E-state index in [0.717, 1.165) is 12.0 Å². The number of ether oxygens (including phenoxy) is 3. The molecule has 4 rings (SSSR count). The molecule has 0 spiro atoms. The SMILES string of the molecule is CC(C)(O)O.COC(=O)CCCC(=O)NCC1CCC(n2cnc3c(N(Cc4ccccc4)C(=O)OC(C)(C)C)ncnc32)O1. The predicted molar refractivity (Wildman–Crippen MR) is 165 cm³/mol. The van der Waals surface area contributed by atoms with E-state index in [1.54, 1.807) is 6.33 Å². The van der Waals surface area contributed by atoms with E-state index in [-0.39, 0.29) is 43.6 Å². The van der Waals surface area contributed by atoms with Crippen LogP contribution < -0.4 is 10.2 Å². The van der Waals surface area contributed by atoms with Crippen molar-refractivity contribution in [2.24, 2.45) is 0 Å². The first-order valence-corrected chi connectivity index (χ1v) is 14.8. The van der Waals surface area contributed by atoms with E-state index in [2.05, 4.69) is 25.0 Å². The van der Waals surface area contributed by atoms with Gasteiger partial charge in [0.25, 0.3) is 0 Å². The standard InChI is InChI=1S/C28H36N6O6.C3H8O2/c1-28(2,3)40-27(37)33(16-19-9-6-5-7-10-19)25-24-26(31-17-30-25)34(18-32-24)22-14-13-20(39-22)15-29-21(35)11-8-12-23(36)38-4;1-3(2,4)5/h5-7,9-10,17-18,20,22H,8,11-16H2,1-4H3,(H,29,35);4-5H,1-2H3. The van der Waals surface area contributed by atoms with Crippen LogP contribution in [0.1, 0.15) is 78.5 Å². The number of hydrogen-bond donors (Lipinski definition) is 3. The summed E-state index contributed by atoms with van der Waals surface area (Å²) < 4.78 is 18.3. The van der Waals surface area contributed by atoms with Crippen molar-refractivity contribution in [3.63, 3.8) is 0 Å². The first kappa shape index (κ1) is 35.3. The number of aromatic nitrogens is 4. The predicted octanol–water partition coefficient (Wildman–Crippen LogP) is 3.61. The molecule has 45 heavy (non-hydrogen) atoms. The van der Waals surface area contributed by atoms with Crippen LogP contribution in [0.4, 0.5) is 10.6 Å². The zero-order valence-corrected chi connectivity index (χ0v) is 26.7. The molecule has 3 N–H and O–H groups in total. The minimum Gasteiger partial charge on any atom is -0.469 e. The van der Waals surface area contributed by atoms with Gasteiger partial charge in [-0.25, -0.2) is 19.7 Å². The summed E-state index contributed by atoms with van der Waals surface area (Å²) in [6, 6.07) is 9.59. The van der Waals surface area contributed by atoms with Crippen molar-refractivity contribution in [3.05, 3.63) is 48.5 Å². The lowest BCUT2D eigenvalue weighted by atomic mass is 10.2. The van der Waals surface area contributed by atoms with E-state index in [1.807, 2.05) is 55.7 Å². The fourth-order valence-corrected chi connectivity index (χ4v) is 4.41. The molecule has 1 aromatic carbocycles. The Morgan fingerprint density at radius 2 is 1.73 bits per heavy atom. The lowest BCUT2D eigenvalue weighted by molar-refractivity contribution is -0.140. The number of amides is 2. The number of anilines is 1. The molecular weight excluding hydrogens is 584 g/mol. The van der Waals surface area contributed by atoms with Gasteiger partial charge in [-0.2, -0.15) is 0 Å². The number of esters is 1. The van der Waals surface area contributed by atoms with Crippen molar-refractivity contribution < 1.29 is 38.8 Å². The van der Waals surface area contributed by atoms with Gasteiger partial charge in [0.1, 0.15) is 18.2 Å². The smallest absolute Gasteiger partial charge is 0.416 e. The first-order chi connectivity index (χ1) is 21.1. The van der Waals surface area contributed by atoms with Gasteiger partial charge in [0.05, 0.1) is 26.1 Å². The fourth-order valence-electron chi connectivity index (χ4n) is 4.41. The number of benzene rings is 1. The Kier molecular flexibility index (Phi) is 12.4. The number of methoxy groups -OCH3 is 1. The lowest BCUT2D eigenvalue weighted by Gasteiger charge is -2.27. The van der Waals surface area contributed by atoms with Crippen molar-refractivity contribution in [3.8, 4) is 0 Å². The summed E-state index contributed by atoms with van der Waals surface area (Å²) in [7, 11) is 1.33. The van der Waals surface area contributed by atoms with Crippen molar-refractivity contribution in [2.75, 3.05) is 18.6 Å². The summed E-state index contributed by atoms with van der Waals surface area (Å²) in [6.45, 7) is 8.65. The number of hydrogen-bond acceptors (Lipinski definition) is 11. The maximum absolute atomic E-state index is 13.3. The van der Waals surface area contributed by atoms with Crippen molar-refractivity contribution in [2.45, 2.75) is 97.0 Å². The number of fused-ring (bicyclic) bond motifs is 1. The van der Waals surface area contributed by atoms with Crippen molar-refractivity contribution >= 4 is 35.0 Å². The first-order valence-electron chi connectivity index (χ1n) is 14.8. The Morgan fingerprint density at radius 1 is 1.04 bits per heavy atom. The summed E-state index contributed by atoms with van der Waals surface area (Å²) >= 11 is 0. The molecule has 2 aromatic heterocycles. The highest BCUT2D eigenvalue weighted by Gasteiger charge is 2.31. The minimum atomic E-state index is -1.50. The van der Waals surface area contributed by atoms with Gasteiger partial charge in [0.2, 0.25) is 5.91 Å². The van der Waals surface area contributed by atoms with E-state index in [1.165, 1.54) is 32.2 Å². The normalized spacial score (nSPS) is 16.4. The number of carbonyl (C=O) groups excluding carboxylic acids is 3. The van der Waals surface area contributed by atoms with E-state index in [9.17, 15) is 14.4 Å². The molecule has 2 unspecified atom stereocenters. The van der Waals surface area contributed by atoms with Crippen LogP contribution >= 0.6 is 0 Å². The highest BCUT2D eigenvalue weighted by Crippen LogP contribution is 2.32. The van der Waals surface area contributed by atoms with Crippen molar-refractivity contribution in [1.82, 2.24) is 24.8 Å². The zero-order chi connectivity index (χ0) is 33.2. The van der Waals surface area contributed by atoms with Crippen LogP contribution in [0.15, 0.2) is 43.0 Å². The van der Waals surface area contributed by atoms with Crippen LogP contribution in [-0.4, -0.2) is 78.8 Å². The topological polar surface area (TPSA) is 178 Å². The minimum absolute atomic E-state index is 0.137. The highest BCUT2D eigenvalue weighted by atomic mass is 16.6. The third-order valence-corrected chi connectivity index (χ3v) is 6.33. The molecule has 246 valence electrons. The Bertz CT molecular complexity index is 1410. The molecule has 14 heteroatoms. The van der Waals surface area contributed by atoms with Crippen LogP contribution in [0.2, 0.25) is 0 Å². The van der Waals surface area contributed by atoms with Crippen molar-refractivity contribution in [1.29, 1.82) is 0 Å². The molecule has 3 heterocycles. The molecule has 2 amide bonds. The number of imidazole rings is 1. The van der Waals surface area contributed by atoms with E-state index >= 15 is 0 Å². The van der Waals surface area contributed by atoms with Gasteiger partial charge in [0.15, 0.2) is 22.8 Å². The molecule has 0 aliphatic carbocycles. The quantitative estimate of drug-likeness (QED) is 0.221. The number of rotatable bonds is 10. The van der Waals surface area contributed by atoms with Crippen LogP contribution in [-0.2, 0) is 30.3 Å². The fraction of sp³-hybridized carbons (Fsp3) is 0.548. The van der Waals surface area contributed by atoms with Gasteiger partial charge in [0, 0.05) is 19.4 Å². The maximum Gasteiger partial charge on any atom is 0.416 e. The molecule has 1 saturated heterocycles. The Balaban J connectivity index is 0.00000102. The second-order valence-corrected chi connectivity index (χ2v) is 12.1. The summed E-state index contributed by atoms with van der Waals surface area (Å²) in [5.74, 6) is -1.62. The molecule has 1 aliphatic rings. The van der Waals surface area contributed by atoms with Gasteiger partial charge < -0.3 is 29.7 Å². The maximum atomic E-state index is 13.3. The third-order valence-electron chi connectivity index (χ3n) is 6.33. The molecule has 2 atom stereocenters. The Labute approximate surface area is 262 Å². The average Bonchev–Trinajstić information content (AvgIpc) is 3.60. The Morgan fingerprint density at radius 3 is 2.38 bits per heavy atom. The summed E-state index contributed by atoms with van der Waals surface area (Å²) in [4.78, 5) is 51.5. The molecule has 0 saturated carbocycles. The Hall–Kier alpha value is -4.14. The lowest BCUT2D eigenvalue weighted by Crippen LogP contribution is -2.37. The number of nitrogens with zero attached hydrogens (tertiary/aromatic N) is 5. The highest BCUT2D eigenvalue weighted by molar-refractivity contribution is 5.95. The second kappa shape index (κ2) is 15.7. The molecule has 14 nitrogen and oxygen atoms in total. The summed E-state index contributed by atoms with van der Waals surface area (Å²) in [5, 5.41) is 19.0. The van der Waals surface area contributed by atoms with E-state index in [4.69, 9.17) is 19.7 Å². The van der Waals surface area contributed by atoms with Gasteiger partial charge >= 0.3 is 12.1 Å². The van der Waals surface area contributed by atoms with Gasteiger partial charge in [-0.1, -0.05) is 30.3 Å². The van der Waals surface area contributed by atoms with Crippen LogP contribution in [0.3, 0.4) is 0 Å². The number of nitrogens with one attached hydrogen (secondary N) is 1. The average molecular weight is 629 g/mol. The number of aliphatic hydroxyl groups is 2. The zero-order valence-electron chi connectivity index (χ0n) is 26.7. The molecular formula is C31H44N6O8. The third kappa shape index (κ3) is 11.7.